The van der Waals surface area contributed by atoms with E-state index in [-0.39, 0.29) is 19.0 Å². The maximum absolute atomic E-state index is 11.3. The molecule has 0 radical (unpaired) electrons. The first-order valence-corrected chi connectivity index (χ1v) is 4.22. The van der Waals surface area contributed by atoms with Crippen LogP contribution in [0, 0.1) is 0 Å². The molecule has 5 heteroatoms. The van der Waals surface area contributed by atoms with Crippen LogP contribution in [0.1, 0.15) is 0 Å². The second kappa shape index (κ2) is 6.15. The Morgan fingerprint density at radius 1 is 1.36 bits per heavy atom. The van der Waals surface area contributed by atoms with Gasteiger partial charge in [-0.3, -0.25) is 14.5 Å². The summed E-state index contributed by atoms with van der Waals surface area (Å²) in [5, 5.41) is 8.56. The van der Waals surface area contributed by atoms with Crippen LogP contribution in [-0.2, 0) is 9.59 Å². The third-order valence-corrected chi connectivity index (χ3v) is 1.60. The summed E-state index contributed by atoms with van der Waals surface area (Å²) in [6.07, 6.45) is 1.58. The van der Waals surface area contributed by atoms with Gasteiger partial charge in [0.25, 0.3) is 0 Å². The summed E-state index contributed by atoms with van der Waals surface area (Å²) in [4.78, 5) is 24.6. The molecule has 0 rings (SSSR count). The molecule has 14 heavy (non-hydrogen) atoms. The summed E-state index contributed by atoms with van der Waals surface area (Å²) in [6, 6.07) is 0. The fourth-order valence-electron chi connectivity index (χ4n) is 0.892. The standard InChI is InChI=1S/C9H16N2O3/c1-4-5-11(7-9(13)14)6-8(12)10(2)3/h4H,1,5-7H2,2-3H3,(H,13,14). The highest BCUT2D eigenvalue weighted by Gasteiger charge is 2.13. The quantitative estimate of drug-likeness (QED) is 0.595. The van der Waals surface area contributed by atoms with Crippen LogP contribution in [0.5, 0.6) is 0 Å². The summed E-state index contributed by atoms with van der Waals surface area (Å²) < 4.78 is 0. The van der Waals surface area contributed by atoms with E-state index in [1.54, 1.807) is 20.2 Å². The van der Waals surface area contributed by atoms with Crippen molar-refractivity contribution >= 4 is 11.9 Å². The number of nitrogens with zero attached hydrogens (tertiary/aromatic N) is 2. The molecule has 0 unspecified atom stereocenters. The van der Waals surface area contributed by atoms with Gasteiger partial charge in [-0.05, 0) is 0 Å². The predicted molar refractivity (Wildman–Crippen MR) is 53.0 cm³/mol. The molecular weight excluding hydrogens is 184 g/mol. The van der Waals surface area contributed by atoms with Crippen molar-refractivity contribution in [1.29, 1.82) is 0 Å². The van der Waals surface area contributed by atoms with Crippen LogP contribution in [0.15, 0.2) is 12.7 Å². The minimum Gasteiger partial charge on any atom is -0.480 e. The van der Waals surface area contributed by atoms with Crippen molar-refractivity contribution in [3.05, 3.63) is 12.7 Å². The van der Waals surface area contributed by atoms with Gasteiger partial charge in [0.2, 0.25) is 5.91 Å². The van der Waals surface area contributed by atoms with E-state index in [0.717, 1.165) is 0 Å². The Morgan fingerprint density at radius 2 is 1.93 bits per heavy atom. The molecule has 0 aromatic heterocycles. The molecule has 0 spiro atoms. The number of carbonyl (C=O) groups is 2. The highest BCUT2D eigenvalue weighted by atomic mass is 16.4. The van der Waals surface area contributed by atoms with E-state index in [4.69, 9.17) is 5.11 Å². The normalized spacial score (nSPS) is 9.93. The summed E-state index contributed by atoms with van der Waals surface area (Å²) in [7, 11) is 3.27. The maximum atomic E-state index is 11.3. The molecule has 5 nitrogen and oxygen atoms in total. The van der Waals surface area contributed by atoms with Crippen molar-refractivity contribution in [2.75, 3.05) is 33.7 Å². The van der Waals surface area contributed by atoms with Gasteiger partial charge >= 0.3 is 5.97 Å². The van der Waals surface area contributed by atoms with Crippen LogP contribution in [-0.4, -0.2) is 60.5 Å². The first kappa shape index (κ1) is 12.6. The molecule has 0 heterocycles. The third-order valence-electron chi connectivity index (χ3n) is 1.60. The summed E-state index contributed by atoms with van der Waals surface area (Å²) in [6.45, 7) is 3.85. The van der Waals surface area contributed by atoms with Crippen LogP contribution in [0.2, 0.25) is 0 Å². The van der Waals surface area contributed by atoms with E-state index in [9.17, 15) is 9.59 Å². The lowest BCUT2D eigenvalue weighted by molar-refractivity contribution is -0.139. The Bertz CT molecular complexity index is 226. The monoisotopic (exact) mass is 200 g/mol. The van der Waals surface area contributed by atoms with Crippen LogP contribution in [0.25, 0.3) is 0 Å². The lowest BCUT2D eigenvalue weighted by Gasteiger charge is -2.19. The second-order valence-electron chi connectivity index (χ2n) is 3.14. The van der Waals surface area contributed by atoms with E-state index in [0.29, 0.717) is 6.54 Å². The molecule has 0 aliphatic rings. The predicted octanol–water partition coefficient (Wildman–Crippen LogP) is -0.353. The molecule has 0 aliphatic heterocycles. The Morgan fingerprint density at radius 3 is 2.29 bits per heavy atom. The molecule has 1 amide bonds. The van der Waals surface area contributed by atoms with Crippen molar-refractivity contribution in [3.63, 3.8) is 0 Å². The minimum atomic E-state index is -0.946. The van der Waals surface area contributed by atoms with E-state index in [1.165, 1.54) is 9.80 Å². The largest absolute Gasteiger partial charge is 0.480 e. The molecule has 0 atom stereocenters. The van der Waals surface area contributed by atoms with Crippen LogP contribution < -0.4 is 0 Å². The van der Waals surface area contributed by atoms with Gasteiger partial charge in [0.1, 0.15) is 0 Å². The average molecular weight is 200 g/mol. The number of carboxylic acids is 1. The molecule has 1 N–H and O–H groups in total. The van der Waals surface area contributed by atoms with Gasteiger partial charge in [0, 0.05) is 20.6 Å². The van der Waals surface area contributed by atoms with E-state index in [2.05, 4.69) is 6.58 Å². The number of carbonyl (C=O) groups excluding carboxylic acids is 1. The summed E-state index contributed by atoms with van der Waals surface area (Å²) in [5.41, 5.74) is 0. The zero-order valence-electron chi connectivity index (χ0n) is 8.56. The Balaban J connectivity index is 4.14. The van der Waals surface area contributed by atoms with Gasteiger partial charge in [0.15, 0.2) is 0 Å². The topological polar surface area (TPSA) is 60.9 Å². The van der Waals surface area contributed by atoms with Crippen molar-refractivity contribution in [2.24, 2.45) is 0 Å². The molecular formula is C9H16N2O3. The van der Waals surface area contributed by atoms with Gasteiger partial charge in [0.05, 0.1) is 13.1 Å². The number of rotatable bonds is 6. The number of carboxylic acid groups (broad SMARTS) is 1. The highest BCUT2D eigenvalue weighted by molar-refractivity contribution is 5.78. The molecule has 80 valence electrons. The molecule has 0 fully saturated rings. The van der Waals surface area contributed by atoms with Gasteiger partial charge in [-0.25, -0.2) is 0 Å². The zero-order valence-corrected chi connectivity index (χ0v) is 8.56. The van der Waals surface area contributed by atoms with Crippen molar-refractivity contribution < 1.29 is 14.7 Å². The summed E-state index contributed by atoms with van der Waals surface area (Å²) >= 11 is 0. The zero-order chi connectivity index (χ0) is 11.1. The average Bonchev–Trinajstić information content (AvgIpc) is 2.02. The fraction of sp³-hybridized carbons (Fsp3) is 0.556. The lowest BCUT2D eigenvalue weighted by Crippen LogP contribution is -2.39. The maximum Gasteiger partial charge on any atom is 0.317 e. The number of aliphatic carboxylic acids is 1. The number of likely N-dealkylation sites (N-methyl/N-ethyl adjacent to an activating group) is 1. The molecule has 0 aromatic rings. The first-order valence-electron chi connectivity index (χ1n) is 4.22. The van der Waals surface area contributed by atoms with Crippen LogP contribution in [0.4, 0.5) is 0 Å². The smallest absolute Gasteiger partial charge is 0.317 e. The Labute approximate surface area is 83.6 Å². The Hall–Kier alpha value is -1.36. The number of hydrogen-bond donors (Lipinski definition) is 1. The lowest BCUT2D eigenvalue weighted by atomic mass is 10.4. The van der Waals surface area contributed by atoms with Crippen molar-refractivity contribution in [1.82, 2.24) is 9.80 Å². The minimum absolute atomic E-state index is 0.102. The molecule has 0 aromatic carbocycles. The number of hydrogen-bond acceptors (Lipinski definition) is 3. The van der Waals surface area contributed by atoms with E-state index >= 15 is 0 Å². The Kier molecular flexibility index (Phi) is 5.55. The van der Waals surface area contributed by atoms with Crippen LogP contribution >= 0.6 is 0 Å². The van der Waals surface area contributed by atoms with E-state index in [1.807, 2.05) is 0 Å². The molecule has 0 saturated carbocycles. The van der Waals surface area contributed by atoms with Crippen molar-refractivity contribution in [2.45, 2.75) is 0 Å². The van der Waals surface area contributed by atoms with Crippen molar-refractivity contribution in [3.8, 4) is 0 Å². The molecule has 0 saturated heterocycles. The van der Waals surface area contributed by atoms with E-state index < -0.39 is 5.97 Å². The van der Waals surface area contributed by atoms with Gasteiger partial charge in [-0.2, -0.15) is 0 Å². The fourth-order valence-corrected chi connectivity index (χ4v) is 0.892. The summed E-state index contributed by atoms with van der Waals surface area (Å²) in [5.74, 6) is -1.06. The van der Waals surface area contributed by atoms with Crippen LogP contribution in [0.3, 0.4) is 0 Å². The van der Waals surface area contributed by atoms with Gasteiger partial charge in [-0.1, -0.05) is 6.08 Å². The number of amides is 1. The second-order valence-corrected chi connectivity index (χ2v) is 3.14. The molecule has 0 aliphatic carbocycles. The third kappa shape index (κ3) is 5.31. The SMILES string of the molecule is C=CCN(CC(=O)O)CC(=O)N(C)C. The van der Waals surface area contributed by atoms with Gasteiger partial charge < -0.3 is 10.0 Å². The first-order chi connectivity index (χ1) is 6.47. The van der Waals surface area contributed by atoms with Gasteiger partial charge in [-0.15, -0.1) is 6.58 Å². The molecule has 0 bridgehead atoms. The highest BCUT2D eigenvalue weighted by Crippen LogP contribution is 1.91.